The third-order valence-electron chi connectivity index (χ3n) is 3.52. The standard InChI is InChI=1S/C12H24N2O2/c1-9(2)10(13)11(16)14-12(8-15)6-4-3-5-7-12/h9-10,15H,3-8,13H2,1-2H3,(H,14,16)/t10-/m1/s1. The van der Waals surface area contributed by atoms with Gasteiger partial charge in [0.1, 0.15) is 0 Å². The fourth-order valence-corrected chi connectivity index (χ4v) is 2.20. The third kappa shape index (κ3) is 3.19. The number of aliphatic hydroxyl groups excluding tert-OH is 1. The van der Waals surface area contributed by atoms with Gasteiger partial charge in [0.25, 0.3) is 0 Å². The topological polar surface area (TPSA) is 75.4 Å². The van der Waals surface area contributed by atoms with E-state index in [1.54, 1.807) is 0 Å². The number of nitrogens with one attached hydrogen (secondary N) is 1. The molecule has 4 N–H and O–H groups in total. The summed E-state index contributed by atoms with van der Waals surface area (Å²) in [6.45, 7) is 3.87. The quantitative estimate of drug-likeness (QED) is 0.665. The molecule has 94 valence electrons. The minimum absolute atomic E-state index is 0.0174. The highest BCUT2D eigenvalue weighted by molar-refractivity contribution is 5.82. The molecule has 1 aliphatic carbocycles. The Bertz CT molecular complexity index is 235. The second-order valence-electron chi connectivity index (χ2n) is 5.26. The molecule has 1 amide bonds. The van der Waals surface area contributed by atoms with E-state index in [1.807, 2.05) is 13.8 Å². The smallest absolute Gasteiger partial charge is 0.237 e. The molecule has 4 heteroatoms. The van der Waals surface area contributed by atoms with Crippen LogP contribution in [0.4, 0.5) is 0 Å². The lowest BCUT2D eigenvalue weighted by atomic mass is 9.82. The van der Waals surface area contributed by atoms with Crippen molar-refractivity contribution in [2.45, 2.75) is 57.5 Å². The molecule has 0 radical (unpaired) electrons. The molecule has 0 unspecified atom stereocenters. The van der Waals surface area contributed by atoms with Crippen molar-refractivity contribution in [1.29, 1.82) is 0 Å². The number of hydrogen-bond acceptors (Lipinski definition) is 3. The maximum Gasteiger partial charge on any atom is 0.237 e. The number of carbonyl (C=O) groups is 1. The summed E-state index contributed by atoms with van der Waals surface area (Å²) >= 11 is 0. The van der Waals surface area contributed by atoms with Crippen molar-refractivity contribution in [3.05, 3.63) is 0 Å². The van der Waals surface area contributed by atoms with Crippen molar-refractivity contribution >= 4 is 5.91 Å². The number of carbonyl (C=O) groups excluding carboxylic acids is 1. The first-order chi connectivity index (χ1) is 7.51. The van der Waals surface area contributed by atoms with Crippen LogP contribution in [-0.2, 0) is 4.79 Å². The first-order valence-corrected chi connectivity index (χ1v) is 6.19. The summed E-state index contributed by atoms with van der Waals surface area (Å²) in [7, 11) is 0. The zero-order valence-electron chi connectivity index (χ0n) is 10.3. The number of rotatable bonds is 4. The highest BCUT2D eigenvalue weighted by atomic mass is 16.3. The SMILES string of the molecule is CC(C)[C@@H](N)C(=O)NC1(CO)CCCCC1. The summed E-state index contributed by atoms with van der Waals surface area (Å²) in [5.41, 5.74) is 5.38. The molecular formula is C12H24N2O2. The Labute approximate surface area is 97.6 Å². The monoisotopic (exact) mass is 228 g/mol. The Kier molecular flexibility index (Phi) is 4.74. The van der Waals surface area contributed by atoms with Crippen molar-refractivity contribution in [1.82, 2.24) is 5.32 Å². The molecule has 1 saturated carbocycles. The van der Waals surface area contributed by atoms with Gasteiger partial charge in [-0.2, -0.15) is 0 Å². The van der Waals surface area contributed by atoms with Crippen LogP contribution in [-0.4, -0.2) is 29.2 Å². The average Bonchev–Trinajstić information content (AvgIpc) is 2.29. The van der Waals surface area contributed by atoms with E-state index in [9.17, 15) is 9.90 Å². The molecule has 0 spiro atoms. The number of aliphatic hydroxyl groups is 1. The van der Waals surface area contributed by atoms with Crippen LogP contribution in [0.2, 0.25) is 0 Å². The van der Waals surface area contributed by atoms with Gasteiger partial charge in [-0.25, -0.2) is 0 Å². The lowest BCUT2D eigenvalue weighted by molar-refractivity contribution is -0.126. The number of nitrogens with two attached hydrogens (primary N) is 1. The molecule has 16 heavy (non-hydrogen) atoms. The highest BCUT2D eigenvalue weighted by Crippen LogP contribution is 2.27. The Morgan fingerprint density at radius 2 is 1.94 bits per heavy atom. The van der Waals surface area contributed by atoms with Crippen molar-refractivity contribution in [3.8, 4) is 0 Å². The number of amides is 1. The molecule has 1 aliphatic rings. The van der Waals surface area contributed by atoms with E-state index in [0.717, 1.165) is 25.7 Å². The van der Waals surface area contributed by atoms with Gasteiger partial charge in [-0.3, -0.25) is 4.79 Å². The molecule has 0 aromatic rings. The highest BCUT2D eigenvalue weighted by Gasteiger charge is 2.34. The summed E-state index contributed by atoms with van der Waals surface area (Å²) in [6, 6.07) is -0.481. The zero-order chi connectivity index (χ0) is 12.2. The molecule has 1 atom stereocenters. The fourth-order valence-electron chi connectivity index (χ4n) is 2.20. The van der Waals surface area contributed by atoms with Crippen molar-refractivity contribution in [2.75, 3.05) is 6.61 Å². The Hall–Kier alpha value is -0.610. The van der Waals surface area contributed by atoms with E-state index in [1.165, 1.54) is 6.42 Å². The number of hydrogen-bond donors (Lipinski definition) is 3. The molecule has 0 aromatic carbocycles. The Morgan fingerprint density at radius 3 is 2.38 bits per heavy atom. The summed E-state index contributed by atoms with van der Waals surface area (Å²) in [5, 5.41) is 12.4. The van der Waals surface area contributed by atoms with Crippen LogP contribution in [0.5, 0.6) is 0 Å². The predicted molar refractivity (Wildman–Crippen MR) is 63.9 cm³/mol. The second-order valence-corrected chi connectivity index (χ2v) is 5.26. The molecule has 1 rings (SSSR count). The van der Waals surface area contributed by atoms with Crippen LogP contribution in [0.1, 0.15) is 46.0 Å². The average molecular weight is 228 g/mol. The zero-order valence-corrected chi connectivity index (χ0v) is 10.3. The first kappa shape index (κ1) is 13.5. The van der Waals surface area contributed by atoms with E-state index in [4.69, 9.17) is 5.73 Å². The molecule has 0 saturated heterocycles. The van der Waals surface area contributed by atoms with Crippen molar-refractivity contribution < 1.29 is 9.90 Å². The van der Waals surface area contributed by atoms with Crippen molar-refractivity contribution in [2.24, 2.45) is 11.7 Å². The molecule has 0 bridgehead atoms. The van der Waals surface area contributed by atoms with Gasteiger partial charge in [-0.1, -0.05) is 33.1 Å². The molecule has 0 aromatic heterocycles. The fraction of sp³-hybridized carbons (Fsp3) is 0.917. The maximum absolute atomic E-state index is 11.9. The Balaban J connectivity index is 2.58. The van der Waals surface area contributed by atoms with Gasteiger partial charge in [0.05, 0.1) is 18.2 Å². The predicted octanol–water partition coefficient (Wildman–Crippen LogP) is 0.781. The van der Waals surface area contributed by atoms with Gasteiger partial charge >= 0.3 is 0 Å². The molecular weight excluding hydrogens is 204 g/mol. The second kappa shape index (κ2) is 5.64. The molecule has 0 aliphatic heterocycles. The summed E-state index contributed by atoms with van der Waals surface area (Å²) in [5.74, 6) is -0.00900. The van der Waals surface area contributed by atoms with Gasteiger partial charge in [-0.05, 0) is 18.8 Å². The minimum atomic E-state index is -0.481. The van der Waals surface area contributed by atoms with E-state index in [0.29, 0.717) is 0 Å². The van der Waals surface area contributed by atoms with Crippen LogP contribution in [0.15, 0.2) is 0 Å². The summed E-state index contributed by atoms with van der Waals surface area (Å²) < 4.78 is 0. The summed E-state index contributed by atoms with van der Waals surface area (Å²) in [4.78, 5) is 11.9. The molecule has 1 fully saturated rings. The van der Waals surface area contributed by atoms with E-state index in [2.05, 4.69) is 5.32 Å². The molecule has 0 heterocycles. The summed E-state index contributed by atoms with van der Waals surface area (Å²) in [6.07, 6.45) is 5.05. The van der Waals surface area contributed by atoms with Crippen LogP contribution >= 0.6 is 0 Å². The van der Waals surface area contributed by atoms with Gasteiger partial charge < -0.3 is 16.2 Å². The van der Waals surface area contributed by atoms with Crippen LogP contribution in [0.25, 0.3) is 0 Å². The van der Waals surface area contributed by atoms with Gasteiger partial charge in [0, 0.05) is 0 Å². The maximum atomic E-state index is 11.9. The van der Waals surface area contributed by atoms with Crippen LogP contribution < -0.4 is 11.1 Å². The Morgan fingerprint density at radius 1 is 1.38 bits per heavy atom. The normalized spacial score (nSPS) is 21.8. The lowest BCUT2D eigenvalue weighted by Gasteiger charge is -2.37. The third-order valence-corrected chi connectivity index (χ3v) is 3.52. The lowest BCUT2D eigenvalue weighted by Crippen LogP contribution is -2.57. The molecule has 4 nitrogen and oxygen atoms in total. The van der Waals surface area contributed by atoms with Crippen molar-refractivity contribution in [3.63, 3.8) is 0 Å². The van der Waals surface area contributed by atoms with Gasteiger partial charge in [0.15, 0.2) is 0 Å². The van der Waals surface area contributed by atoms with Crippen LogP contribution in [0, 0.1) is 5.92 Å². The van der Waals surface area contributed by atoms with E-state index >= 15 is 0 Å². The van der Waals surface area contributed by atoms with Gasteiger partial charge in [-0.15, -0.1) is 0 Å². The van der Waals surface area contributed by atoms with Crippen LogP contribution in [0.3, 0.4) is 0 Å². The minimum Gasteiger partial charge on any atom is -0.394 e. The largest absolute Gasteiger partial charge is 0.394 e. The van der Waals surface area contributed by atoms with Gasteiger partial charge in [0.2, 0.25) is 5.91 Å². The van der Waals surface area contributed by atoms with E-state index in [-0.39, 0.29) is 18.4 Å². The van der Waals surface area contributed by atoms with E-state index < -0.39 is 11.6 Å². The first-order valence-electron chi connectivity index (χ1n) is 6.19.